The molecule has 0 saturated carbocycles. The number of nitrogen functional groups attached to an aromatic ring is 1. The van der Waals surface area contributed by atoms with E-state index in [1.54, 1.807) is 49.6 Å². The van der Waals surface area contributed by atoms with E-state index in [-0.39, 0.29) is 5.78 Å². The van der Waals surface area contributed by atoms with Crippen LogP contribution in [0.5, 0.6) is 5.75 Å². The largest absolute Gasteiger partial charge is 0.497 e. The molecule has 0 atom stereocenters. The Kier molecular flexibility index (Phi) is 3.67. The van der Waals surface area contributed by atoms with Crippen LogP contribution in [-0.2, 0) is 0 Å². The first-order valence-electron chi connectivity index (χ1n) is 5.35. The van der Waals surface area contributed by atoms with E-state index in [0.29, 0.717) is 16.8 Å². The van der Waals surface area contributed by atoms with Crippen LogP contribution in [0.25, 0.3) is 0 Å². The lowest BCUT2D eigenvalue weighted by molar-refractivity contribution is 0.103. The van der Waals surface area contributed by atoms with Gasteiger partial charge in [0.05, 0.1) is 7.11 Å². The van der Waals surface area contributed by atoms with Gasteiger partial charge in [-0.3, -0.25) is 4.79 Å². The van der Waals surface area contributed by atoms with Crippen LogP contribution in [0.4, 0.5) is 5.69 Å². The predicted molar refractivity (Wildman–Crippen MR) is 75.0 cm³/mol. The van der Waals surface area contributed by atoms with Crippen LogP contribution in [0, 0.1) is 0 Å². The third-order valence-corrected chi connectivity index (χ3v) is 2.99. The van der Waals surface area contributed by atoms with Crippen molar-refractivity contribution in [3.63, 3.8) is 0 Å². The molecule has 0 aliphatic carbocycles. The predicted octanol–water partition coefficient (Wildman–Crippen LogP) is 3.27. The van der Waals surface area contributed by atoms with Crippen molar-refractivity contribution in [1.82, 2.24) is 0 Å². The summed E-state index contributed by atoms with van der Waals surface area (Å²) in [7, 11) is 1.59. The van der Waals surface area contributed by atoms with Gasteiger partial charge in [0.15, 0.2) is 5.78 Å². The first-order valence-corrected chi connectivity index (χ1v) is 6.14. The van der Waals surface area contributed by atoms with E-state index < -0.39 is 0 Å². The van der Waals surface area contributed by atoms with Gasteiger partial charge in [-0.05, 0) is 42.5 Å². The first kappa shape index (κ1) is 12.6. The number of rotatable bonds is 3. The van der Waals surface area contributed by atoms with E-state index in [2.05, 4.69) is 15.9 Å². The zero-order chi connectivity index (χ0) is 13.1. The van der Waals surface area contributed by atoms with E-state index in [0.717, 1.165) is 10.2 Å². The summed E-state index contributed by atoms with van der Waals surface area (Å²) in [6, 6.07) is 12.2. The average Bonchev–Trinajstić information content (AvgIpc) is 2.37. The van der Waals surface area contributed by atoms with Gasteiger partial charge >= 0.3 is 0 Å². The maximum Gasteiger partial charge on any atom is 0.193 e. The summed E-state index contributed by atoms with van der Waals surface area (Å²) in [5.41, 5.74) is 7.44. The molecule has 0 heterocycles. The van der Waals surface area contributed by atoms with Crippen molar-refractivity contribution in [1.29, 1.82) is 0 Å². The second kappa shape index (κ2) is 5.23. The van der Waals surface area contributed by atoms with Crippen molar-refractivity contribution < 1.29 is 9.53 Å². The summed E-state index contributed by atoms with van der Waals surface area (Å²) in [4.78, 5) is 12.2. The zero-order valence-corrected chi connectivity index (χ0v) is 11.4. The van der Waals surface area contributed by atoms with Gasteiger partial charge in [0, 0.05) is 21.3 Å². The molecule has 2 aromatic rings. The molecule has 92 valence electrons. The number of benzene rings is 2. The Bertz CT molecular complexity index is 559. The number of hydrogen-bond donors (Lipinski definition) is 1. The van der Waals surface area contributed by atoms with Crippen molar-refractivity contribution in [3.05, 3.63) is 58.1 Å². The molecule has 0 fully saturated rings. The van der Waals surface area contributed by atoms with Crippen LogP contribution < -0.4 is 10.5 Å². The van der Waals surface area contributed by atoms with Gasteiger partial charge in [0.2, 0.25) is 0 Å². The van der Waals surface area contributed by atoms with Gasteiger partial charge < -0.3 is 10.5 Å². The molecule has 0 unspecified atom stereocenters. The van der Waals surface area contributed by atoms with Crippen LogP contribution in [0.15, 0.2) is 46.9 Å². The normalized spacial score (nSPS) is 10.1. The van der Waals surface area contributed by atoms with Crippen LogP contribution in [-0.4, -0.2) is 12.9 Å². The van der Waals surface area contributed by atoms with E-state index in [4.69, 9.17) is 10.5 Å². The molecular weight excluding hydrogens is 294 g/mol. The van der Waals surface area contributed by atoms with Crippen molar-refractivity contribution in [3.8, 4) is 5.75 Å². The van der Waals surface area contributed by atoms with Gasteiger partial charge in [0.25, 0.3) is 0 Å². The minimum Gasteiger partial charge on any atom is -0.497 e. The molecule has 2 aromatic carbocycles. The van der Waals surface area contributed by atoms with Crippen LogP contribution in [0.3, 0.4) is 0 Å². The number of carbonyl (C=O) groups excluding carboxylic acids is 1. The van der Waals surface area contributed by atoms with Gasteiger partial charge in [0.1, 0.15) is 5.75 Å². The first-order chi connectivity index (χ1) is 8.60. The molecule has 3 nitrogen and oxygen atoms in total. The highest BCUT2D eigenvalue weighted by molar-refractivity contribution is 9.10. The van der Waals surface area contributed by atoms with E-state index >= 15 is 0 Å². The number of hydrogen-bond acceptors (Lipinski definition) is 3. The highest BCUT2D eigenvalue weighted by Crippen LogP contribution is 2.21. The summed E-state index contributed by atoms with van der Waals surface area (Å²) in [6.45, 7) is 0. The summed E-state index contributed by atoms with van der Waals surface area (Å²) in [5, 5.41) is 0. The topological polar surface area (TPSA) is 52.3 Å². The monoisotopic (exact) mass is 305 g/mol. The number of halogens is 1. The van der Waals surface area contributed by atoms with Crippen LogP contribution in [0.2, 0.25) is 0 Å². The smallest absolute Gasteiger partial charge is 0.193 e. The van der Waals surface area contributed by atoms with E-state index in [9.17, 15) is 4.79 Å². The van der Waals surface area contributed by atoms with Crippen LogP contribution >= 0.6 is 15.9 Å². The van der Waals surface area contributed by atoms with Gasteiger partial charge in [-0.15, -0.1) is 0 Å². The van der Waals surface area contributed by atoms with Gasteiger partial charge in [-0.1, -0.05) is 15.9 Å². The summed E-state index contributed by atoms with van der Waals surface area (Å²) < 4.78 is 5.85. The third-order valence-electron chi connectivity index (χ3n) is 2.53. The zero-order valence-electron chi connectivity index (χ0n) is 9.81. The molecule has 0 aliphatic heterocycles. The minimum atomic E-state index is -0.0642. The molecule has 0 saturated heterocycles. The van der Waals surface area contributed by atoms with E-state index in [1.807, 2.05) is 0 Å². The highest BCUT2D eigenvalue weighted by atomic mass is 79.9. The number of carbonyl (C=O) groups is 1. The molecule has 4 heteroatoms. The quantitative estimate of drug-likeness (QED) is 0.699. The van der Waals surface area contributed by atoms with Gasteiger partial charge in [-0.2, -0.15) is 0 Å². The maximum absolute atomic E-state index is 12.2. The SMILES string of the molecule is COc1ccc(C(=O)c2cc(N)cc(Br)c2)cc1. The highest BCUT2D eigenvalue weighted by Gasteiger charge is 2.10. The Morgan fingerprint density at radius 1 is 1.11 bits per heavy atom. The number of ketones is 1. The maximum atomic E-state index is 12.2. The Hall–Kier alpha value is -1.81. The summed E-state index contributed by atoms with van der Waals surface area (Å²) in [6.07, 6.45) is 0. The lowest BCUT2D eigenvalue weighted by Crippen LogP contribution is -2.02. The molecule has 2 N–H and O–H groups in total. The molecule has 0 amide bonds. The van der Waals surface area contributed by atoms with Crippen molar-refractivity contribution in [2.24, 2.45) is 0 Å². The van der Waals surface area contributed by atoms with Crippen molar-refractivity contribution >= 4 is 27.4 Å². The number of ether oxygens (including phenoxy) is 1. The second-order valence-corrected chi connectivity index (χ2v) is 4.75. The molecule has 0 aliphatic rings. The summed E-state index contributed by atoms with van der Waals surface area (Å²) >= 11 is 3.32. The molecule has 2 rings (SSSR count). The van der Waals surface area contributed by atoms with Crippen molar-refractivity contribution in [2.45, 2.75) is 0 Å². The number of methoxy groups -OCH3 is 1. The standard InChI is InChI=1S/C14H12BrNO2/c1-18-13-4-2-9(3-5-13)14(17)10-6-11(15)8-12(16)7-10/h2-8H,16H2,1H3. The summed E-state index contributed by atoms with van der Waals surface area (Å²) in [5.74, 6) is 0.658. The lowest BCUT2D eigenvalue weighted by atomic mass is 10.0. The van der Waals surface area contributed by atoms with E-state index in [1.165, 1.54) is 0 Å². The molecule has 18 heavy (non-hydrogen) atoms. The fourth-order valence-corrected chi connectivity index (χ4v) is 2.16. The number of nitrogens with two attached hydrogens (primary N) is 1. The van der Waals surface area contributed by atoms with Crippen molar-refractivity contribution in [2.75, 3.05) is 12.8 Å². The third kappa shape index (κ3) is 2.71. The lowest BCUT2D eigenvalue weighted by Gasteiger charge is -2.05. The Morgan fingerprint density at radius 2 is 1.78 bits per heavy atom. The fourth-order valence-electron chi connectivity index (χ4n) is 1.65. The Labute approximate surface area is 114 Å². The second-order valence-electron chi connectivity index (χ2n) is 3.83. The fraction of sp³-hybridized carbons (Fsp3) is 0.0714. The molecule has 0 aromatic heterocycles. The number of anilines is 1. The van der Waals surface area contributed by atoms with Gasteiger partial charge in [-0.25, -0.2) is 0 Å². The molecule has 0 spiro atoms. The molecule has 0 bridgehead atoms. The average molecular weight is 306 g/mol. The van der Waals surface area contributed by atoms with Crippen LogP contribution in [0.1, 0.15) is 15.9 Å². The Morgan fingerprint density at radius 3 is 2.33 bits per heavy atom. The molecular formula is C14H12BrNO2. The minimum absolute atomic E-state index is 0.0642. The Balaban J connectivity index is 2.34. The molecule has 0 radical (unpaired) electrons.